The number of hydrogen-bond donors (Lipinski definition) is 1. The van der Waals surface area contributed by atoms with E-state index in [1.807, 2.05) is 4.90 Å². The number of nitrogens with zero attached hydrogens (tertiary/aromatic N) is 1. The van der Waals surface area contributed by atoms with E-state index in [9.17, 15) is 9.18 Å². The molecule has 0 radical (unpaired) electrons. The number of halogens is 1. The number of benzene rings is 1. The van der Waals surface area contributed by atoms with Gasteiger partial charge < -0.3 is 10.6 Å². The fourth-order valence-electron chi connectivity index (χ4n) is 2.82. The van der Waals surface area contributed by atoms with Crippen LogP contribution in [0.1, 0.15) is 25.3 Å². The summed E-state index contributed by atoms with van der Waals surface area (Å²) < 4.78 is 13.6. The van der Waals surface area contributed by atoms with E-state index in [-0.39, 0.29) is 24.2 Å². The molecule has 1 aromatic rings. The number of nitrogens with two attached hydrogens (primary N) is 1. The minimum Gasteiger partial charge on any atom is -0.338 e. The van der Waals surface area contributed by atoms with Crippen LogP contribution in [0.15, 0.2) is 24.3 Å². The fraction of sp³-hybridized carbons (Fsp3) is 0.533. The lowest BCUT2D eigenvalue weighted by atomic mass is 9.90. The molecule has 1 aromatic carbocycles. The van der Waals surface area contributed by atoms with Gasteiger partial charge in [0, 0.05) is 19.1 Å². The van der Waals surface area contributed by atoms with E-state index in [1.54, 1.807) is 18.2 Å². The summed E-state index contributed by atoms with van der Waals surface area (Å²) in [6.45, 7) is 3.34. The van der Waals surface area contributed by atoms with Crippen LogP contribution in [-0.2, 0) is 11.2 Å². The van der Waals surface area contributed by atoms with E-state index >= 15 is 0 Å². The van der Waals surface area contributed by atoms with E-state index < -0.39 is 0 Å². The van der Waals surface area contributed by atoms with E-state index in [4.69, 9.17) is 5.73 Å². The first-order valence-corrected chi connectivity index (χ1v) is 6.86. The molecule has 0 aromatic heterocycles. The van der Waals surface area contributed by atoms with Gasteiger partial charge in [0.2, 0.25) is 5.91 Å². The first kappa shape index (κ1) is 14.0. The van der Waals surface area contributed by atoms with Crippen LogP contribution in [0.3, 0.4) is 0 Å². The summed E-state index contributed by atoms with van der Waals surface area (Å²) in [5.74, 6) is 0.0839. The molecule has 2 unspecified atom stereocenters. The maximum atomic E-state index is 13.6. The Balaban J connectivity index is 2.08. The minimum absolute atomic E-state index is 0.0212. The smallest absolute Gasteiger partial charge is 0.227 e. The molecule has 104 valence electrons. The maximum absolute atomic E-state index is 13.6. The summed E-state index contributed by atoms with van der Waals surface area (Å²) in [6, 6.07) is 6.54. The molecule has 1 aliphatic heterocycles. The molecule has 2 rings (SSSR count). The highest BCUT2D eigenvalue weighted by Gasteiger charge is 2.30. The summed E-state index contributed by atoms with van der Waals surface area (Å²) in [4.78, 5) is 14.2. The molecule has 1 amide bonds. The Labute approximate surface area is 113 Å². The molecule has 0 spiro atoms. The van der Waals surface area contributed by atoms with Gasteiger partial charge in [0.25, 0.3) is 0 Å². The largest absolute Gasteiger partial charge is 0.338 e. The number of likely N-dealkylation sites (tertiary alicyclic amines) is 1. The predicted octanol–water partition coefficient (Wildman–Crippen LogP) is 1.95. The van der Waals surface area contributed by atoms with Crippen molar-refractivity contribution in [3.05, 3.63) is 35.6 Å². The van der Waals surface area contributed by atoms with E-state index in [2.05, 4.69) is 6.92 Å². The minimum atomic E-state index is -0.315. The highest BCUT2D eigenvalue weighted by molar-refractivity contribution is 5.79. The van der Waals surface area contributed by atoms with E-state index in [0.29, 0.717) is 18.0 Å². The topological polar surface area (TPSA) is 46.3 Å². The third kappa shape index (κ3) is 3.13. The zero-order chi connectivity index (χ0) is 13.8. The van der Waals surface area contributed by atoms with Gasteiger partial charge in [-0.3, -0.25) is 4.79 Å². The Hall–Kier alpha value is -1.42. The van der Waals surface area contributed by atoms with Crippen molar-refractivity contribution < 1.29 is 9.18 Å². The first-order chi connectivity index (χ1) is 9.13. The molecule has 2 atom stereocenters. The summed E-state index contributed by atoms with van der Waals surface area (Å²) in [6.07, 6.45) is 2.22. The van der Waals surface area contributed by atoms with Crippen molar-refractivity contribution in [2.45, 2.75) is 32.2 Å². The zero-order valence-electron chi connectivity index (χ0n) is 11.3. The second-order valence-electron chi connectivity index (χ2n) is 5.28. The Morgan fingerprint density at radius 1 is 1.47 bits per heavy atom. The first-order valence-electron chi connectivity index (χ1n) is 6.86. The molecule has 2 N–H and O–H groups in total. The van der Waals surface area contributed by atoms with E-state index in [0.717, 1.165) is 19.4 Å². The van der Waals surface area contributed by atoms with Gasteiger partial charge >= 0.3 is 0 Å². The Morgan fingerprint density at radius 2 is 2.21 bits per heavy atom. The Morgan fingerprint density at radius 3 is 2.89 bits per heavy atom. The Kier molecular flexibility index (Phi) is 4.53. The van der Waals surface area contributed by atoms with Crippen LogP contribution in [-0.4, -0.2) is 29.9 Å². The monoisotopic (exact) mass is 264 g/mol. The van der Waals surface area contributed by atoms with Gasteiger partial charge in [-0.05, 0) is 30.4 Å². The van der Waals surface area contributed by atoms with Crippen LogP contribution in [0.5, 0.6) is 0 Å². The molecular formula is C15H21FN2O. The molecule has 4 heteroatoms. The molecule has 3 nitrogen and oxygen atoms in total. The summed E-state index contributed by atoms with van der Waals surface area (Å²) in [5, 5.41) is 0. The standard InChI is InChI=1S/C15H21FN2O/c1-11-5-4-8-18(14(11)10-17)15(19)9-12-6-2-3-7-13(12)16/h2-3,6-7,11,14H,4-5,8-10,17H2,1H3. The molecule has 0 bridgehead atoms. The van der Waals surface area contributed by atoms with Crippen molar-refractivity contribution >= 4 is 5.91 Å². The molecule has 0 aliphatic carbocycles. The second-order valence-corrected chi connectivity index (χ2v) is 5.28. The van der Waals surface area contributed by atoms with Crippen LogP contribution in [0.25, 0.3) is 0 Å². The van der Waals surface area contributed by atoms with Gasteiger partial charge in [-0.1, -0.05) is 25.1 Å². The van der Waals surface area contributed by atoms with Gasteiger partial charge in [0.05, 0.1) is 6.42 Å². The summed E-state index contributed by atoms with van der Waals surface area (Å²) in [5.41, 5.74) is 6.24. The van der Waals surface area contributed by atoms with E-state index in [1.165, 1.54) is 6.07 Å². The van der Waals surface area contributed by atoms with Gasteiger partial charge in [-0.2, -0.15) is 0 Å². The average Bonchev–Trinajstić information content (AvgIpc) is 2.41. The van der Waals surface area contributed by atoms with Crippen molar-refractivity contribution in [2.24, 2.45) is 11.7 Å². The van der Waals surface area contributed by atoms with Gasteiger partial charge in [-0.25, -0.2) is 4.39 Å². The molecule has 1 aliphatic rings. The Bertz CT molecular complexity index is 450. The molecule has 1 heterocycles. The van der Waals surface area contributed by atoms with Crippen LogP contribution < -0.4 is 5.73 Å². The number of carbonyl (C=O) groups is 1. The van der Waals surface area contributed by atoms with Crippen LogP contribution >= 0.6 is 0 Å². The van der Waals surface area contributed by atoms with Crippen LogP contribution in [0.4, 0.5) is 4.39 Å². The summed E-state index contributed by atoms with van der Waals surface area (Å²) in [7, 11) is 0. The number of amides is 1. The van der Waals surface area contributed by atoms with Crippen molar-refractivity contribution in [2.75, 3.05) is 13.1 Å². The van der Waals surface area contributed by atoms with Crippen LogP contribution in [0, 0.1) is 11.7 Å². The molecule has 0 saturated carbocycles. The quantitative estimate of drug-likeness (QED) is 0.907. The van der Waals surface area contributed by atoms with Crippen molar-refractivity contribution in [3.63, 3.8) is 0 Å². The number of piperidine rings is 1. The number of rotatable bonds is 3. The molecule has 19 heavy (non-hydrogen) atoms. The highest BCUT2D eigenvalue weighted by atomic mass is 19.1. The van der Waals surface area contributed by atoms with Gasteiger partial charge in [-0.15, -0.1) is 0 Å². The van der Waals surface area contributed by atoms with Crippen molar-refractivity contribution in [3.8, 4) is 0 Å². The second kappa shape index (κ2) is 6.15. The SMILES string of the molecule is CC1CCCN(C(=O)Cc2ccccc2F)C1CN. The number of carbonyl (C=O) groups excluding carboxylic acids is 1. The average molecular weight is 264 g/mol. The zero-order valence-corrected chi connectivity index (χ0v) is 11.3. The molecular weight excluding hydrogens is 243 g/mol. The molecule has 1 saturated heterocycles. The third-order valence-corrected chi connectivity index (χ3v) is 3.98. The number of hydrogen-bond acceptors (Lipinski definition) is 2. The lowest BCUT2D eigenvalue weighted by Gasteiger charge is -2.39. The van der Waals surface area contributed by atoms with Crippen molar-refractivity contribution in [1.29, 1.82) is 0 Å². The van der Waals surface area contributed by atoms with Crippen molar-refractivity contribution in [1.82, 2.24) is 4.90 Å². The lowest BCUT2D eigenvalue weighted by molar-refractivity contribution is -0.135. The maximum Gasteiger partial charge on any atom is 0.227 e. The molecule has 1 fully saturated rings. The van der Waals surface area contributed by atoms with Gasteiger partial charge in [0.1, 0.15) is 5.82 Å². The van der Waals surface area contributed by atoms with Gasteiger partial charge in [0.15, 0.2) is 0 Å². The third-order valence-electron chi connectivity index (χ3n) is 3.98. The lowest BCUT2D eigenvalue weighted by Crippen LogP contribution is -2.51. The highest BCUT2D eigenvalue weighted by Crippen LogP contribution is 2.23. The predicted molar refractivity (Wildman–Crippen MR) is 73.1 cm³/mol. The summed E-state index contributed by atoms with van der Waals surface area (Å²) >= 11 is 0. The van der Waals surface area contributed by atoms with Crippen LogP contribution in [0.2, 0.25) is 0 Å². The fourth-order valence-corrected chi connectivity index (χ4v) is 2.82. The normalized spacial score (nSPS) is 23.4.